The Bertz CT molecular complexity index is 370. The topological polar surface area (TPSA) is 79.3 Å². The maximum atomic E-state index is 10.7. The number of aliphatic carboxylic acids is 1. The van der Waals surface area contributed by atoms with Gasteiger partial charge in [0.1, 0.15) is 5.70 Å². The van der Waals surface area contributed by atoms with Crippen molar-refractivity contribution in [1.29, 1.82) is 0 Å². The molecule has 0 aliphatic rings. The van der Waals surface area contributed by atoms with E-state index in [2.05, 4.69) is 9.69 Å². The summed E-state index contributed by atoms with van der Waals surface area (Å²) in [6, 6.07) is 1.66. The first kappa shape index (κ1) is 10.4. The molecule has 74 valence electrons. The first-order chi connectivity index (χ1) is 6.59. The molecule has 0 saturated carbocycles. The monoisotopic (exact) mass is 212 g/mol. The van der Waals surface area contributed by atoms with E-state index in [1.807, 2.05) is 0 Å². The van der Waals surface area contributed by atoms with Gasteiger partial charge in [-0.1, -0.05) is 0 Å². The van der Waals surface area contributed by atoms with Crippen LogP contribution in [0.25, 0.3) is 6.08 Å². The third-order valence-electron chi connectivity index (χ3n) is 1.29. The zero-order valence-electron chi connectivity index (χ0n) is 7.35. The molecule has 0 aliphatic carbocycles. The van der Waals surface area contributed by atoms with Gasteiger partial charge in [0.25, 0.3) is 0 Å². The van der Waals surface area contributed by atoms with Gasteiger partial charge in [-0.15, -0.1) is 0 Å². The molecule has 0 aliphatic heterocycles. The minimum atomic E-state index is -1.19. The first-order valence-corrected chi connectivity index (χ1v) is 4.56. The van der Waals surface area contributed by atoms with Gasteiger partial charge in [-0.3, -0.25) is 4.79 Å². The quantitative estimate of drug-likeness (QED) is 0.723. The summed E-state index contributed by atoms with van der Waals surface area (Å²) in [4.78, 5) is 21.3. The Kier molecular flexibility index (Phi) is 3.35. The predicted octanol–water partition coefficient (Wildman–Crippen LogP) is 0.705. The van der Waals surface area contributed by atoms with Crippen LogP contribution in [0.2, 0.25) is 0 Å². The van der Waals surface area contributed by atoms with Crippen LogP contribution in [-0.2, 0) is 9.59 Å². The highest BCUT2D eigenvalue weighted by molar-refractivity contribution is 7.03. The lowest BCUT2D eigenvalue weighted by Gasteiger charge is -2.00. The number of carbonyl (C=O) groups excluding carboxylic acids is 1. The van der Waals surface area contributed by atoms with Crippen LogP contribution in [0.1, 0.15) is 12.6 Å². The van der Waals surface area contributed by atoms with Gasteiger partial charge in [0.15, 0.2) is 0 Å². The molecule has 0 bridgehead atoms. The van der Waals surface area contributed by atoms with Crippen LogP contribution < -0.4 is 5.32 Å². The van der Waals surface area contributed by atoms with Crippen molar-refractivity contribution in [2.75, 3.05) is 0 Å². The van der Waals surface area contributed by atoms with Gasteiger partial charge >= 0.3 is 5.97 Å². The third kappa shape index (κ3) is 2.98. The van der Waals surface area contributed by atoms with Crippen LogP contribution in [0.5, 0.6) is 0 Å². The molecular formula is C8H8N2O3S. The molecular weight excluding hydrogens is 204 g/mol. The fraction of sp³-hybridized carbons (Fsp3) is 0.125. The predicted molar refractivity (Wildman–Crippen MR) is 51.5 cm³/mol. The van der Waals surface area contributed by atoms with Crippen molar-refractivity contribution in [3.05, 3.63) is 22.8 Å². The summed E-state index contributed by atoms with van der Waals surface area (Å²) in [5.41, 5.74) is 0.338. The third-order valence-corrected chi connectivity index (χ3v) is 1.87. The largest absolute Gasteiger partial charge is 0.477 e. The Morgan fingerprint density at radius 3 is 2.79 bits per heavy atom. The molecule has 0 fully saturated rings. The summed E-state index contributed by atoms with van der Waals surface area (Å²) < 4.78 is 3.90. The van der Waals surface area contributed by atoms with Gasteiger partial charge in [-0.25, -0.2) is 4.79 Å². The van der Waals surface area contributed by atoms with Crippen molar-refractivity contribution in [2.24, 2.45) is 0 Å². The van der Waals surface area contributed by atoms with Crippen LogP contribution in [0.4, 0.5) is 0 Å². The average Bonchev–Trinajstić information content (AvgIpc) is 2.54. The van der Waals surface area contributed by atoms with Crippen molar-refractivity contribution in [2.45, 2.75) is 6.92 Å². The van der Waals surface area contributed by atoms with E-state index in [9.17, 15) is 9.59 Å². The number of amides is 1. The van der Waals surface area contributed by atoms with Crippen molar-refractivity contribution >= 4 is 29.5 Å². The molecule has 1 rings (SSSR count). The average molecular weight is 212 g/mol. The number of aromatic nitrogens is 1. The zero-order chi connectivity index (χ0) is 10.6. The Morgan fingerprint density at radius 1 is 1.64 bits per heavy atom. The van der Waals surface area contributed by atoms with Crippen molar-refractivity contribution in [3.63, 3.8) is 0 Å². The summed E-state index contributed by atoms with van der Waals surface area (Å²) in [5, 5.41) is 12.6. The maximum absolute atomic E-state index is 10.7. The number of nitrogens with one attached hydrogen (secondary N) is 1. The SMILES string of the molecule is CC(=O)N/C(=C/c1ccsn1)C(=O)O. The molecule has 0 unspecified atom stereocenters. The van der Waals surface area contributed by atoms with E-state index in [1.54, 1.807) is 11.4 Å². The van der Waals surface area contributed by atoms with Crippen molar-refractivity contribution < 1.29 is 14.7 Å². The first-order valence-electron chi connectivity index (χ1n) is 3.72. The highest BCUT2D eigenvalue weighted by Gasteiger charge is 2.08. The lowest BCUT2D eigenvalue weighted by atomic mass is 10.3. The van der Waals surface area contributed by atoms with Crippen LogP contribution in [0, 0.1) is 0 Å². The lowest BCUT2D eigenvalue weighted by Crippen LogP contribution is -2.24. The summed E-state index contributed by atoms with van der Waals surface area (Å²) in [6.45, 7) is 1.25. The molecule has 0 aromatic carbocycles. The second-order valence-corrected chi connectivity index (χ2v) is 3.13. The lowest BCUT2D eigenvalue weighted by molar-refractivity contribution is -0.134. The van der Waals surface area contributed by atoms with Gasteiger partial charge in [0.2, 0.25) is 5.91 Å². The molecule has 1 aromatic heterocycles. The molecule has 0 atom stereocenters. The van der Waals surface area contributed by atoms with Crippen molar-refractivity contribution in [1.82, 2.24) is 9.69 Å². The summed E-state index contributed by atoms with van der Waals surface area (Å²) in [6.07, 6.45) is 1.31. The van der Waals surface area contributed by atoms with E-state index in [1.165, 1.54) is 24.5 Å². The summed E-state index contributed by atoms with van der Waals surface area (Å²) >= 11 is 1.21. The molecule has 5 nitrogen and oxygen atoms in total. The zero-order valence-corrected chi connectivity index (χ0v) is 8.17. The molecule has 2 N–H and O–H groups in total. The molecule has 14 heavy (non-hydrogen) atoms. The molecule has 0 radical (unpaired) electrons. The van der Waals surface area contributed by atoms with Gasteiger partial charge in [-0.05, 0) is 23.7 Å². The van der Waals surface area contributed by atoms with E-state index in [-0.39, 0.29) is 5.70 Å². The van der Waals surface area contributed by atoms with Crippen LogP contribution in [0.3, 0.4) is 0 Å². The van der Waals surface area contributed by atoms with Crippen LogP contribution in [0.15, 0.2) is 17.1 Å². The molecule has 0 spiro atoms. The highest BCUT2D eigenvalue weighted by atomic mass is 32.1. The maximum Gasteiger partial charge on any atom is 0.352 e. The normalized spacial score (nSPS) is 11.1. The number of carboxylic acids is 1. The van der Waals surface area contributed by atoms with Crippen molar-refractivity contribution in [3.8, 4) is 0 Å². The number of nitrogens with zero attached hydrogens (tertiary/aromatic N) is 1. The standard InChI is InChI=1S/C8H8N2O3S/c1-5(11)9-7(8(12)13)4-6-2-3-14-10-6/h2-4H,1H3,(H,9,11)(H,12,13)/b7-4+. The van der Waals surface area contributed by atoms with E-state index in [0.29, 0.717) is 5.69 Å². The van der Waals surface area contributed by atoms with E-state index in [4.69, 9.17) is 5.11 Å². The smallest absolute Gasteiger partial charge is 0.352 e. The second-order valence-electron chi connectivity index (χ2n) is 2.47. The van der Waals surface area contributed by atoms with Gasteiger partial charge in [0.05, 0.1) is 5.69 Å². The number of hydrogen-bond acceptors (Lipinski definition) is 4. The second kappa shape index (κ2) is 4.52. The molecule has 1 amide bonds. The minimum absolute atomic E-state index is 0.177. The number of rotatable bonds is 3. The molecule has 0 saturated heterocycles. The number of hydrogen-bond donors (Lipinski definition) is 2. The highest BCUT2D eigenvalue weighted by Crippen LogP contribution is 2.05. The fourth-order valence-electron chi connectivity index (χ4n) is 0.785. The van der Waals surface area contributed by atoms with E-state index in [0.717, 1.165) is 0 Å². The van der Waals surface area contributed by atoms with Gasteiger partial charge in [0, 0.05) is 12.3 Å². The Hall–Kier alpha value is -1.69. The van der Waals surface area contributed by atoms with Crippen LogP contribution in [-0.4, -0.2) is 21.4 Å². The summed E-state index contributed by atoms with van der Waals surface area (Å²) in [5.74, 6) is -1.61. The van der Waals surface area contributed by atoms with E-state index < -0.39 is 11.9 Å². The minimum Gasteiger partial charge on any atom is -0.477 e. The van der Waals surface area contributed by atoms with Gasteiger partial charge < -0.3 is 10.4 Å². The Balaban J connectivity index is 2.88. The Labute approximate surface area is 84.2 Å². The van der Waals surface area contributed by atoms with Crippen LogP contribution >= 0.6 is 11.5 Å². The van der Waals surface area contributed by atoms with Gasteiger partial charge in [-0.2, -0.15) is 4.37 Å². The molecule has 1 aromatic rings. The molecule has 6 heteroatoms. The fourth-order valence-corrected chi connectivity index (χ4v) is 1.28. The number of carbonyl (C=O) groups is 2. The molecule has 1 heterocycles. The number of carboxylic acid groups (broad SMARTS) is 1. The Morgan fingerprint density at radius 2 is 2.36 bits per heavy atom. The van der Waals surface area contributed by atoms with E-state index >= 15 is 0 Å². The summed E-state index contributed by atoms with van der Waals surface area (Å²) in [7, 11) is 0.